The third-order valence-corrected chi connectivity index (χ3v) is 1.71. The molecular formula is C9H7ClN2O2. The van der Waals surface area contributed by atoms with Crippen molar-refractivity contribution < 1.29 is 9.90 Å². The predicted octanol–water partition coefficient (Wildman–Crippen LogP) is 1.75. The molecule has 4 nitrogen and oxygen atoms in total. The monoisotopic (exact) mass is 210 g/mol. The van der Waals surface area contributed by atoms with Gasteiger partial charge in [-0.05, 0) is 12.1 Å². The lowest BCUT2D eigenvalue weighted by Crippen LogP contribution is -2.01. The number of hydrogen-bond acceptors (Lipinski definition) is 3. The maximum absolute atomic E-state index is 10.5. The fourth-order valence-corrected chi connectivity index (χ4v) is 1.09. The number of nitrogens with zero attached hydrogens (tertiary/aromatic N) is 2. The number of benzene rings is 1. The molecule has 2 aromatic rings. The number of halogens is 1. The lowest BCUT2D eigenvalue weighted by atomic mass is 10.2. The second kappa shape index (κ2) is 4.02. The Morgan fingerprint density at radius 2 is 1.93 bits per heavy atom. The van der Waals surface area contributed by atoms with Gasteiger partial charge >= 0.3 is 5.97 Å². The van der Waals surface area contributed by atoms with Gasteiger partial charge in [0.05, 0.1) is 5.52 Å². The van der Waals surface area contributed by atoms with Crippen LogP contribution in [0.5, 0.6) is 0 Å². The molecule has 0 aliphatic heterocycles. The van der Waals surface area contributed by atoms with Crippen molar-refractivity contribution in [1.29, 1.82) is 0 Å². The van der Waals surface area contributed by atoms with E-state index in [0.29, 0.717) is 5.52 Å². The normalized spacial score (nSPS) is 9.43. The number of aromatic carboxylic acids is 1. The Kier molecular flexibility index (Phi) is 2.99. The van der Waals surface area contributed by atoms with Crippen molar-refractivity contribution in [1.82, 2.24) is 10.2 Å². The summed E-state index contributed by atoms with van der Waals surface area (Å²) in [5, 5.41) is 16.8. The Balaban J connectivity index is 0.000000980. The van der Waals surface area contributed by atoms with Crippen LogP contribution in [0.1, 0.15) is 10.5 Å². The standard InChI is InChI=1S/C9H6N2O2.ClH/c12-9(13)8-5-6-3-1-2-4-7(6)10-11-8;/h1-5H,(H,12,13);1H. The molecule has 0 spiro atoms. The maximum Gasteiger partial charge on any atom is 0.356 e. The van der Waals surface area contributed by atoms with Crippen LogP contribution in [-0.2, 0) is 0 Å². The maximum atomic E-state index is 10.5. The molecule has 0 bridgehead atoms. The minimum Gasteiger partial charge on any atom is -0.476 e. The van der Waals surface area contributed by atoms with Crippen LogP contribution in [0.4, 0.5) is 0 Å². The zero-order chi connectivity index (χ0) is 9.26. The zero-order valence-electron chi connectivity index (χ0n) is 7.04. The van der Waals surface area contributed by atoms with E-state index in [0.717, 1.165) is 5.39 Å². The summed E-state index contributed by atoms with van der Waals surface area (Å²) < 4.78 is 0. The molecule has 5 heteroatoms. The van der Waals surface area contributed by atoms with E-state index < -0.39 is 5.97 Å². The van der Waals surface area contributed by atoms with E-state index in [-0.39, 0.29) is 18.1 Å². The van der Waals surface area contributed by atoms with E-state index >= 15 is 0 Å². The van der Waals surface area contributed by atoms with Crippen LogP contribution in [0.3, 0.4) is 0 Å². The van der Waals surface area contributed by atoms with Crippen molar-refractivity contribution in [3.8, 4) is 0 Å². The van der Waals surface area contributed by atoms with Crippen LogP contribution >= 0.6 is 12.4 Å². The van der Waals surface area contributed by atoms with Gasteiger partial charge in [0.25, 0.3) is 0 Å². The molecule has 0 aliphatic rings. The van der Waals surface area contributed by atoms with Gasteiger partial charge in [0.1, 0.15) is 0 Å². The highest BCUT2D eigenvalue weighted by molar-refractivity contribution is 5.90. The Morgan fingerprint density at radius 3 is 2.64 bits per heavy atom. The molecule has 0 fully saturated rings. The topological polar surface area (TPSA) is 63.1 Å². The average molecular weight is 211 g/mol. The van der Waals surface area contributed by atoms with Crippen molar-refractivity contribution in [3.05, 3.63) is 36.0 Å². The summed E-state index contributed by atoms with van der Waals surface area (Å²) >= 11 is 0. The number of hydrogen-bond donors (Lipinski definition) is 1. The highest BCUT2D eigenvalue weighted by atomic mass is 35.5. The molecule has 0 atom stereocenters. The Labute approximate surface area is 86.0 Å². The minimum absolute atomic E-state index is 0. The van der Waals surface area contributed by atoms with Crippen molar-refractivity contribution in [3.63, 3.8) is 0 Å². The van der Waals surface area contributed by atoms with E-state index in [1.807, 2.05) is 12.1 Å². The smallest absolute Gasteiger partial charge is 0.356 e. The van der Waals surface area contributed by atoms with Crippen LogP contribution in [0.25, 0.3) is 10.9 Å². The van der Waals surface area contributed by atoms with Crippen LogP contribution in [-0.4, -0.2) is 21.3 Å². The molecule has 0 saturated carbocycles. The second-order valence-electron chi connectivity index (χ2n) is 2.59. The first-order valence-corrected chi connectivity index (χ1v) is 3.73. The van der Waals surface area contributed by atoms with Crippen molar-refractivity contribution in [2.24, 2.45) is 0 Å². The number of aromatic nitrogens is 2. The van der Waals surface area contributed by atoms with Gasteiger partial charge in [-0.2, -0.15) is 0 Å². The average Bonchev–Trinajstić information content (AvgIpc) is 2.17. The molecule has 14 heavy (non-hydrogen) atoms. The number of carboxylic acid groups (broad SMARTS) is 1. The molecule has 1 N–H and O–H groups in total. The molecule has 0 aliphatic carbocycles. The van der Waals surface area contributed by atoms with Crippen molar-refractivity contribution >= 4 is 29.3 Å². The van der Waals surface area contributed by atoms with E-state index in [1.165, 1.54) is 6.07 Å². The van der Waals surface area contributed by atoms with Gasteiger partial charge in [-0.1, -0.05) is 18.2 Å². The van der Waals surface area contributed by atoms with Crippen LogP contribution in [0.15, 0.2) is 30.3 Å². The van der Waals surface area contributed by atoms with E-state index in [1.54, 1.807) is 12.1 Å². The molecule has 1 aromatic carbocycles. The van der Waals surface area contributed by atoms with Gasteiger partial charge < -0.3 is 5.11 Å². The summed E-state index contributed by atoms with van der Waals surface area (Å²) in [6.07, 6.45) is 0. The fraction of sp³-hybridized carbons (Fsp3) is 0. The summed E-state index contributed by atoms with van der Waals surface area (Å²) in [6, 6.07) is 8.75. The van der Waals surface area contributed by atoms with Crippen LogP contribution in [0.2, 0.25) is 0 Å². The van der Waals surface area contributed by atoms with E-state index in [4.69, 9.17) is 5.11 Å². The SMILES string of the molecule is Cl.O=C(O)c1cc2ccccc2nn1. The summed E-state index contributed by atoms with van der Waals surface area (Å²) in [5.74, 6) is -1.06. The Hall–Kier alpha value is -1.68. The molecule has 1 heterocycles. The summed E-state index contributed by atoms with van der Waals surface area (Å²) in [7, 11) is 0. The van der Waals surface area contributed by atoms with E-state index in [2.05, 4.69) is 10.2 Å². The molecule has 0 radical (unpaired) electrons. The third kappa shape index (κ3) is 1.80. The van der Waals surface area contributed by atoms with Gasteiger partial charge in [0.2, 0.25) is 0 Å². The highest BCUT2D eigenvalue weighted by Gasteiger charge is 2.05. The summed E-state index contributed by atoms with van der Waals surface area (Å²) in [6.45, 7) is 0. The van der Waals surface area contributed by atoms with Gasteiger partial charge in [-0.3, -0.25) is 0 Å². The number of carboxylic acids is 1. The summed E-state index contributed by atoms with van der Waals surface area (Å²) in [5.41, 5.74) is 0.672. The molecule has 0 saturated heterocycles. The first kappa shape index (κ1) is 10.4. The second-order valence-corrected chi connectivity index (χ2v) is 2.59. The lowest BCUT2D eigenvalue weighted by Gasteiger charge is -1.95. The molecule has 2 rings (SSSR count). The van der Waals surface area contributed by atoms with Gasteiger partial charge in [0, 0.05) is 5.39 Å². The predicted molar refractivity (Wildman–Crippen MR) is 53.7 cm³/mol. The minimum atomic E-state index is -1.06. The van der Waals surface area contributed by atoms with Crippen molar-refractivity contribution in [2.75, 3.05) is 0 Å². The molecular weight excluding hydrogens is 204 g/mol. The first-order chi connectivity index (χ1) is 6.27. The van der Waals surface area contributed by atoms with Crippen LogP contribution < -0.4 is 0 Å². The molecule has 72 valence electrons. The Morgan fingerprint density at radius 1 is 1.21 bits per heavy atom. The van der Waals surface area contributed by atoms with Gasteiger partial charge in [-0.15, -0.1) is 22.6 Å². The van der Waals surface area contributed by atoms with E-state index in [9.17, 15) is 4.79 Å². The first-order valence-electron chi connectivity index (χ1n) is 3.73. The number of fused-ring (bicyclic) bond motifs is 1. The molecule has 1 aromatic heterocycles. The lowest BCUT2D eigenvalue weighted by molar-refractivity contribution is 0.0689. The van der Waals surface area contributed by atoms with Gasteiger partial charge in [-0.25, -0.2) is 4.79 Å². The highest BCUT2D eigenvalue weighted by Crippen LogP contribution is 2.10. The van der Waals surface area contributed by atoms with Crippen molar-refractivity contribution in [2.45, 2.75) is 0 Å². The Bertz CT molecular complexity index is 473. The number of carbonyl (C=O) groups is 1. The largest absolute Gasteiger partial charge is 0.476 e. The quantitative estimate of drug-likeness (QED) is 0.779. The van der Waals surface area contributed by atoms with Gasteiger partial charge in [0.15, 0.2) is 5.69 Å². The summed E-state index contributed by atoms with van der Waals surface area (Å²) in [4.78, 5) is 10.5. The fourth-order valence-electron chi connectivity index (χ4n) is 1.09. The molecule has 0 amide bonds. The number of rotatable bonds is 1. The zero-order valence-corrected chi connectivity index (χ0v) is 7.86. The van der Waals surface area contributed by atoms with Crippen LogP contribution in [0, 0.1) is 0 Å². The third-order valence-electron chi connectivity index (χ3n) is 1.71. The molecule has 0 unspecified atom stereocenters.